The first-order valence-corrected chi connectivity index (χ1v) is 7.51. The molecule has 5 heteroatoms. The lowest BCUT2D eigenvalue weighted by atomic mass is 10.2. The molecule has 0 saturated heterocycles. The van der Waals surface area contributed by atoms with Gasteiger partial charge in [-0.15, -0.1) is 0 Å². The number of nitrogens with zero attached hydrogens (tertiary/aromatic N) is 3. The molecule has 1 aromatic carbocycles. The summed E-state index contributed by atoms with van der Waals surface area (Å²) in [5, 5.41) is 4.16. The first-order valence-electron chi connectivity index (χ1n) is 7.51. The van der Waals surface area contributed by atoms with Crippen LogP contribution < -0.4 is 5.32 Å². The number of hydrogen-bond donors (Lipinski definition) is 1. The van der Waals surface area contributed by atoms with Crippen molar-refractivity contribution in [3.05, 3.63) is 54.7 Å². The van der Waals surface area contributed by atoms with Crippen LogP contribution in [-0.2, 0) is 24.8 Å². The summed E-state index contributed by atoms with van der Waals surface area (Å²) in [5.74, 6) is 1.06. The molecule has 3 rings (SSSR count). The van der Waals surface area contributed by atoms with Gasteiger partial charge in [-0.05, 0) is 17.5 Å². The van der Waals surface area contributed by atoms with Crippen molar-refractivity contribution in [2.24, 2.45) is 7.05 Å². The van der Waals surface area contributed by atoms with Gasteiger partial charge in [0, 0.05) is 57.1 Å². The Kier molecular flexibility index (Phi) is 4.23. The van der Waals surface area contributed by atoms with Crippen molar-refractivity contribution in [2.45, 2.75) is 19.4 Å². The predicted octanol–water partition coefficient (Wildman–Crippen LogP) is 2.12. The quantitative estimate of drug-likeness (QED) is 0.757. The van der Waals surface area contributed by atoms with Crippen molar-refractivity contribution >= 4 is 16.8 Å². The van der Waals surface area contributed by atoms with E-state index in [9.17, 15) is 4.79 Å². The number of nitrogens with one attached hydrogen (secondary N) is 1. The lowest BCUT2D eigenvalue weighted by Gasteiger charge is -2.07. The monoisotopic (exact) mass is 296 g/mol. The summed E-state index contributed by atoms with van der Waals surface area (Å²) < 4.78 is 4.09. The zero-order valence-electron chi connectivity index (χ0n) is 12.7. The van der Waals surface area contributed by atoms with Gasteiger partial charge in [0.25, 0.3) is 0 Å². The van der Waals surface area contributed by atoms with E-state index < -0.39 is 0 Å². The number of fused-ring (bicyclic) bond motifs is 1. The van der Waals surface area contributed by atoms with Crippen LogP contribution in [0.1, 0.15) is 12.2 Å². The Balaban J connectivity index is 1.47. The molecule has 0 atom stereocenters. The van der Waals surface area contributed by atoms with Gasteiger partial charge in [-0.25, -0.2) is 4.98 Å². The van der Waals surface area contributed by atoms with Crippen LogP contribution in [0.3, 0.4) is 0 Å². The number of hydrogen-bond acceptors (Lipinski definition) is 2. The lowest BCUT2D eigenvalue weighted by Crippen LogP contribution is -2.27. The average Bonchev–Trinajstić information content (AvgIpc) is 3.12. The molecule has 0 bridgehead atoms. The third kappa shape index (κ3) is 3.19. The van der Waals surface area contributed by atoms with Gasteiger partial charge in [0.15, 0.2) is 0 Å². The molecule has 2 aromatic heterocycles. The maximum absolute atomic E-state index is 11.9. The zero-order valence-corrected chi connectivity index (χ0v) is 12.7. The van der Waals surface area contributed by atoms with Gasteiger partial charge < -0.3 is 14.5 Å². The van der Waals surface area contributed by atoms with Gasteiger partial charge in [0.1, 0.15) is 5.82 Å². The Morgan fingerprint density at radius 2 is 2.09 bits per heavy atom. The molecule has 0 aliphatic heterocycles. The van der Waals surface area contributed by atoms with E-state index in [1.807, 2.05) is 36.1 Å². The Morgan fingerprint density at radius 3 is 2.91 bits per heavy atom. The van der Waals surface area contributed by atoms with Crippen LogP contribution in [0.5, 0.6) is 0 Å². The summed E-state index contributed by atoms with van der Waals surface area (Å²) in [6, 6.07) is 10.3. The third-order valence-electron chi connectivity index (χ3n) is 3.85. The summed E-state index contributed by atoms with van der Waals surface area (Å²) >= 11 is 0. The number of carbonyl (C=O) groups excluding carboxylic acids is 1. The molecule has 1 amide bonds. The van der Waals surface area contributed by atoms with Crippen LogP contribution in [0.25, 0.3) is 10.9 Å². The second kappa shape index (κ2) is 6.47. The summed E-state index contributed by atoms with van der Waals surface area (Å²) in [7, 11) is 1.96. The van der Waals surface area contributed by atoms with E-state index in [-0.39, 0.29) is 5.91 Å². The molecule has 0 saturated carbocycles. The van der Waals surface area contributed by atoms with Crippen LogP contribution in [0, 0.1) is 0 Å². The Bertz CT molecular complexity index is 772. The smallest absolute Gasteiger partial charge is 0.221 e. The Morgan fingerprint density at radius 1 is 1.23 bits per heavy atom. The molecule has 3 aromatic rings. The number of aryl methyl sites for hydroxylation is 2. The van der Waals surface area contributed by atoms with Crippen molar-refractivity contribution in [3.8, 4) is 0 Å². The number of rotatable bonds is 6. The number of imidazole rings is 1. The van der Waals surface area contributed by atoms with E-state index in [1.165, 1.54) is 10.9 Å². The highest BCUT2D eigenvalue weighted by atomic mass is 16.1. The highest BCUT2D eigenvalue weighted by molar-refractivity contribution is 5.80. The number of para-hydroxylation sites is 1. The van der Waals surface area contributed by atoms with E-state index in [4.69, 9.17) is 0 Å². The van der Waals surface area contributed by atoms with E-state index >= 15 is 0 Å². The van der Waals surface area contributed by atoms with E-state index in [1.54, 1.807) is 6.20 Å². The summed E-state index contributed by atoms with van der Waals surface area (Å²) in [5.41, 5.74) is 1.17. The number of aromatic nitrogens is 3. The molecule has 22 heavy (non-hydrogen) atoms. The SMILES string of the molecule is Cn1ccnc1CCNC(=O)CCn1ccc2ccccc21. The Labute approximate surface area is 129 Å². The van der Waals surface area contributed by atoms with E-state index in [0.717, 1.165) is 12.2 Å². The normalized spacial score (nSPS) is 11.0. The molecule has 0 aliphatic rings. The second-order valence-corrected chi connectivity index (χ2v) is 5.37. The van der Waals surface area contributed by atoms with Crippen molar-refractivity contribution in [1.29, 1.82) is 0 Å². The van der Waals surface area contributed by atoms with Crippen LogP contribution in [0.2, 0.25) is 0 Å². The molecule has 1 N–H and O–H groups in total. The highest BCUT2D eigenvalue weighted by Gasteiger charge is 2.05. The molecular weight excluding hydrogens is 276 g/mol. The summed E-state index contributed by atoms with van der Waals surface area (Å²) in [6.07, 6.45) is 6.95. The van der Waals surface area contributed by atoms with E-state index in [2.05, 4.69) is 33.1 Å². The largest absolute Gasteiger partial charge is 0.356 e. The molecular formula is C17H20N4O. The standard InChI is InChI=1S/C17H20N4O/c1-20-13-10-18-16(20)6-9-19-17(22)8-12-21-11-7-14-4-2-3-5-15(14)21/h2-5,7,10-11,13H,6,8-9,12H2,1H3,(H,19,22). The number of carbonyl (C=O) groups is 1. The fourth-order valence-corrected chi connectivity index (χ4v) is 2.60. The average molecular weight is 296 g/mol. The fourth-order valence-electron chi connectivity index (χ4n) is 2.60. The fraction of sp³-hybridized carbons (Fsp3) is 0.294. The van der Waals surface area contributed by atoms with Gasteiger partial charge in [-0.2, -0.15) is 0 Å². The van der Waals surface area contributed by atoms with Crippen LogP contribution in [0.15, 0.2) is 48.9 Å². The van der Waals surface area contributed by atoms with Gasteiger partial charge in [-0.1, -0.05) is 18.2 Å². The molecule has 2 heterocycles. The molecule has 0 aliphatic carbocycles. The maximum atomic E-state index is 11.9. The van der Waals surface area contributed by atoms with Crippen LogP contribution in [-0.4, -0.2) is 26.6 Å². The molecule has 0 spiro atoms. The van der Waals surface area contributed by atoms with Crippen LogP contribution >= 0.6 is 0 Å². The minimum absolute atomic E-state index is 0.0759. The number of amides is 1. The van der Waals surface area contributed by atoms with Crippen molar-refractivity contribution in [3.63, 3.8) is 0 Å². The first kappa shape index (κ1) is 14.4. The molecule has 5 nitrogen and oxygen atoms in total. The molecule has 114 valence electrons. The summed E-state index contributed by atoms with van der Waals surface area (Å²) in [6.45, 7) is 1.32. The second-order valence-electron chi connectivity index (χ2n) is 5.37. The van der Waals surface area contributed by atoms with E-state index in [0.29, 0.717) is 19.5 Å². The van der Waals surface area contributed by atoms with Crippen LogP contribution in [0.4, 0.5) is 0 Å². The van der Waals surface area contributed by atoms with Crippen molar-refractivity contribution in [2.75, 3.05) is 6.54 Å². The van der Waals surface area contributed by atoms with Crippen molar-refractivity contribution < 1.29 is 4.79 Å². The Hall–Kier alpha value is -2.56. The van der Waals surface area contributed by atoms with Gasteiger partial charge in [0.2, 0.25) is 5.91 Å². The minimum Gasteiger partial charge on any atom is -0.356 e. The molecule has 0 unspecified atom stereocenters. The predicted molar refractivity (Wildman–Crippen MR) is 86.5 cm³/mol. The number of benzene rings is 1. The minimum atomic E-state index is 0.0759. The highest BCUT2D eigenvalue weighted by Crippen LogP contribution is 2.15. The summed E-state index contributed by atoms with van der Waals surface area (Å²) in [4.78, 5) is 16.2. The first-order chi connectivity index (χ1) is 10.7. The van der Waals surface area contributed by atoms with Crippen molar-refractivity contribution in [1.82, 2.24) is 19.4 Å². The maximum Gasteiger partial charge on any atom is 0.221 e. The topological polar surface area (TPSA) is 51.9 Å². The van der Waals surface area contributed by atoms with Gasteiger partial charge in [-0.3, -0.25) is 4.79 Å². The zero-order chi connectivity index (χ0) is 15.4. The molecule has 0 radical (unpaired) electrons. The third-order valence-corrected chi connectivity index (χ3v) is 3.85. The van der Waals surface area contributed by atoms with Gasteiger partial charge >= 0.3 is 0 Å². The molecule has 0 fully saturated rings. The lowest BCUT2D eigenvalue weighted by molar-refractivity contribution is -0.121. The van der Waals surface area contributed by atoms with Gasteiger partial charge in [0.05, 0.1) is 0 Å².